The van der Waals surface area contributed by atoms with Gasteiger partial charge < -0.3 is 9.64 Å². The maximum absolute atomic E-state index is 5.52. The van der Waals surface area contributed by atoms with Crippen LogP contribution >= 0.6 is 0 Å². The predicted molar refractivity (Wildman–Crippen MR) is 80.8 cm³/mol. The molecule has 0 aliphatic carbocycles. The molecular formula is C16H23N3O. The standard InChI is InChI=1S/C16H23N3O/c1-4-5-9-20-16-10-15(17-12-18-16)19-11-13(2)7-6-8-14(19)3/h10,12-14H,6-9,11H2,1-3H3/t13-,14-/m1/s1. The number of ether oxygens (including phenoxy) is 1. The molecule has 0 amide bonds. The molecule has 0 bridgehead atoms. The van der Waals surface area contributed by atoms with Crippen LogP contribution in [0.3, 0.4) is 0 Å². The zero-order valence-electron chi connectivity index (χ0n) is 12.6. The number of hydrogen-bond acceptors (Lipinski definition) is 4. The second-order valence-electron chi connectivity index (χ2n) is 5.47. The van der Waals surface area contributed by atoms with Crippen LogP contribution in [0.15, 0.2) is 12.4 Å². The zero-order valence-corrected chi connectivity index (χ0v) is 12.6. The van der Waals surface area contributed by atoms with Crippen LogP contribution in [-0.4, -0.2) is 29.2 Å². The number of hydrogen-bond donors (Lipinski definition) is 0. The van der Waals surface area contributed by atoms with E-state index in [1.165, 1.54) is 19.3 Å². The van der Waals surface area contributed by atoms with Crippen LogP contribution in [0.1, 0.15) is 40.0 Å². The third kappa shape index (κ3) is 3.86. The van der Waals surface area contributed by atoms with Gasteiger partial charge in [-0.1, -0.05) is 19.3 Å². The van der Waals surface area contributed by atoms with Crippen molar-refractivity contribution in [3.8, 4) is 17.7 Å². The molecule has 20 heavy (non-hydrogen) atoms. The molecule has 0 saturated carbocycles. The molecule has 1 aliphatic heterocycles. The summed E-state index contributed by atoms with van der Waals surface area (Å²) in [7, 11) is 0. The second-order valence-corrected chi connectivity index (χ2v) is 5.47. The first kappa shape index (κ1) is 14.6. The van der Waals surface area contributed by atoms with E-state index in [-0.39, 0.29) is 0 Å². The highest BCUT2D eigenvalue weighted by Gasteiger charge is 2.22. The van der Waals surface area contributed by atoms with Crippen molar-refractivity contribution in [2.45, 2.75) is 46.1 Å². The van der Waals surface area contributed by atoms with Gasteiger partial charge in [0.25, 0.3) is 0 Å². The lowest BCUT2D eigenvalue weighted by molar-refractivity contribution is 0.354. The van der Waals surface area contributed by atoms with Gasteiger partial charge in [-0.2, -0.15) is 0 Å². The van der Waals surface area contributed by atoms with E-state index in [0.29, 0.717) is 24.4 Å². The average molecular weight is 273 g/mol. The number of nitrogens with zero attached hydrogens (tertiary/aromatic N) is 3. The summed E-state index contributed by atoms with van der Waals surface area (Å²) in [5.74, 6) is 7.94. The van der Waals surface area contributed by atoms with E-state index < -0.39 is 0 Å². The summed E-state index contributed by atoms with van der Waals surface area (Å²) < 4.78 is 5.52. The molecule has 4 nitrogen and oxygen atoms in total. The topological polar surface area (TPSA) is 38.2 Å². The smallest absolute Gasteiger partial charge is 0.219 e. The van der Waals surface area contributed by atoms with E-state index in [1.54, 1.807) is 13.3 Å². The van der Waals surface area contributed by atoms with Crippen molar-refractivity contribution >= 4 is 5.82 Å². The fourth-order valence-corrected chi connectivity index (χ4v) is 2.59. The van der Waals surface area contributed by atoms with Crippen molar-refractivity contribution in [1.82, 2.24) is 9.97 Å². The van der Waals surface area contributed by atoms with Gasteiger partial charge in [-0.05, 0) is 32.6 Å². The summed E-state index contributed by atoms with van der Waals surface area (Å²) in [6.45, 7) is 7.80. The number of aromatic nitrogens is 2. The first-order valence-corrected chi connectivity index (χ1v) is 7.31. The molecule has 108 valence electrons. The van der Waals surface area contributed by atoms with Gasteiger partial charge >= 0.3 is 0 Å². The SMILES string of the molecule is CC#CCOc1cc(N2C[C@H](C)CCC[C@H]2C)ncn1. The van der Waals surface area contributed by atoms with Crippen LogP contribution < -0.4 is 9.64 Å². The minimum Gasteiger partial charge on any atom is -0.464 e. The Hall–Kier alpha value is -1.76. The molecule has 2 atom stereocenters. The number of anilines is 1. The highest BCUT2D eigenvalue weighted by Crippen LogP contribution is 2.26. The summed E-state index contributed by atoms with van der Waals surface area (Å²) in [5, 5.41) is 0. The van der Waals surface area contributed by atoms with Crippen LogP contribution in [0.25, 0.3) is 0 Å². The minimum atomic E-state index is 0.374. The molecule has 1 fully saturated rings. The maximum atomic E-state index is 5.52. The van der Waals surface area contributed by atoms with Gasteiger partial charge in [0.15, 0.2) is 6.61 Å². The summed E-state index contributed by atoms with van der Waals surface area (Å²) in [4.78, 5) is 10.9. The number of rotatable bonds is 3. The van der Waals surface area contributed by atoms with Gasteiger partial charge in [-0.15, -0.1) is 5.92 Å². The van der Waals surface area contributed by atoms with Gasteiger partial charge in [0.1, 0.15) is 12.1 Å². The van der Waals surface area contributed by atoms with Crippen LogP contribution in [-0.2, 0) is 0 Å². The molecule has 0 spiro atoms. The molecule has 1 saturated heterocycles. The van der Waals surface area contributed by atoms with Crippen molar-refractivity contribution in [1.29, 1.82) is 0 Å². The molecule has 0 unspecified atom stereocenters. The Bertz CT molecular complexity index is 492. The third-order valence-electron chi connectivity index (χ3n) is 3.75. The van der Waals surface area contributed by atoms with Crippen molar-refractivity contribution in [3.05, 3.63) is 12.4 Å². The first-order valence-electron chi connectivity index (χ1n) is 7.31. The van der Waals surface area contributed by atoms with E-state index in [0.717, 1.165) is 12.4 Å². The Morgan fingerprint density at radius 3 is 3.00 bits per heavy atom. The van der Waals surface area contributed by atoms with E-state index in [2.05, 4.69) is 40.6 Å². The Morgan fingerprint density at radius 2 is 2.20 bits per heavy atom. The highest BCUT2D eigenvalue weighted by molar-refractivity contribution is 5.42. The summed E-state index contributed by atoms with van der Waals surface area (Å²) in [6, 6.07) is 2.43. The first-order chi connectivity index (χ1) is 9.70. The fourth-order valence-electron chi connectivity index (χ4n) is 2.59. The van der Waals surface area contributed by atoms with Crippen LogP contribution in [0.5, 0.6) is 5.88 Å². The lowest BCUT2D eigenvalue weighted by Gasteiger charge is -2.29. The Labute approximate surface area is 121 Å². The van der Waals surface area contributed by atoms with Gasteiger partial charge in [-0.3, -0.25) is 0 Å². The van der Waals surface area contributed by atoms with E-state index in [1.807, 2.05) is 6.07 Å². The van der Waals surface area contributed by atoms with Crippen molar-refractivity contribution in [2.75, 3.05) is 18.1 Å². The zero-order chi connectivity index (χ0) is 14.4. The van der Waals surface area contributed by atoms with Crippen LogP contribution in [0, 0.1) is 17.8 Å². The van der Waals surface area contributed by atoms with Crippen molar-refractivity contribution < 1.29 is 4.74 Å². The predicted octanol–water partition coefficient (Wildman–Crippen LogP) is 2.89. The molecule has 2 heterocycles. The van der Waals surface area contributed by atoms with Gasteiger partial charge in [-0.25, -0.2) is 9.97 Å². The fraction of sp³-hybridized carbons (Fsp3) is 0.625. The molecule has 0 radical (unpaired) electrons. The van der Waals surface area contributed by atoms with E-state index in [9.17, 15) is 0 Å². The van der Waals surface area contributed by atoms with Gasteiger partial charge in [0.05, 0.1) is 0 Å². The Kier molecular flexibility index (Phi) is 5.23. The summed E-state index contributed by atoms with van der Waals surface area (Å²) in [5.41, 5.74) is 0. The molecular weight excluding hydrogens is 250 g/mol. The largest absolute Gasteiger partial charge is 0.464 e. The Morgan fingerprint density at radius 1 is 1.35 bits per heavy atom. The molecule has 2 rings (SSSR count). The third-order valence-corrected chi connectivity index (χ3v) is 3.75. The van der Waals surface area contributed by atoms with Gasteiger partial charge in [0, 0.05) is 18.7 Å². The van der Waals surface area contributed by atoms with Crippen LogP contribution in [0.4, 0.5) is 5.82 Å². The highest BCUT2D eigenvalue weighted by atomic mass is 16.5. The van der Waals surface area contributed by atoms with E-state index in [4.69, 9.17) is 4.74 Å². The molecule has 0 aromatic carbocycles. The average Bonchev–Trinajstić information content (AvgIpc) is 2.61. The lowest BCUT2D eigenvalue weighted by atomic mass is 10.1. The molecule has 4 heteroatoms. The van der Waals surface area contributed by atoms with Gasteiger partial charge in [0.2, 0.25) is 5.88 Å². The molecule has 1 aliphatic rings. The Balaban J connectivity index is 2.12. The minimum absolute atomic E-state index is 0.374. The van der Waals surface area contributed by atoms with Crippen molar-refractivity contribution in [3.63, 3.8) is 0 Å². The maximum Gasteiger partial charge on any atom is 0.219 e. The molecule has 1 aromatic heterocycles. The quantitative estimate of drug-likeness (QED) is 0.794. The van der Waals surface area contributed by atoms with Crippen LogP contribution in [0.2, 0.25) is 0 Å². The van der Waals surface area contributed by atoms with Crippen molar-refractivity contribution in [2.24, 2.45) is 5.92 Å². The normalized spacial score (nSPS) is 22.6. The summed E-state index contributed by atoms with van der Waals surface area (Å²) in [6.07, 6.45) is 5.37. The lowest BCUT2D eigenvalue weighted by Crippen LogP contribution is -2.35. The summed E-state index contributed by atoms with van der Waals surface area (Å²) >= 11 is 0. The second kappa shape index (κ2) is 7.14. The monoisotopic (exact) mass is 273 g/mol. The van der Waals surface area contributed by atoms with E-state index >= 15 is 0 Å². The molecule has 1 aromatic rings. The molecule has 0 N–H and O–H groups in total.